The number of hydrogen-bond acceptors (Lipinski definition) is 4. The van der Waals surface area contributed by atoms with E-state index in [1.54, 1.807) is 12.1 Å². The molecule has 0 fully saturated rings. The Morgan fingerprint density at radius 2 is 2.24 bits per heavy atom. The highest BCUT2D eigenvalue weighted by Crippen LogP contribution is 2.30. The van der Waals surface area contributed by atoms with Crippen LogP contribution in [-0.4, -0.2) is 24.6 Å². The lowest BCUT2D eigenvalue weighted by atomic mass is 9.90. The van der Waals surface area contributed by atoms with Gasteiger partial charge >= 0.3 is 11.9 Å². The normalized spacial score (nSPS) is 22.6. The molecule has 0 saturated carbocycles. The van der Waals surface area contributed by atoms with Crippen molar-refractivity contribution in [2.24, 2.45) is 0 Å². The number of carbonyl (C=O) groups excluding carboxylic acids is 2. The largest absolute Gasteiger partial charge is 0.466 e. The second-order valence-electron chi connectivity index (χ2n) is 4.09. The van der Waals surface area contributed by atoms with Crippen molar-refractivity contribution in [3.63, 3.8) is 0 Å². The molecule has 1 heterocycles. The molecule has 90 valence electrons. The van der Waals surface area contributed by atoms with E-state index in [2.05, 4.69) is 4.74 Å². The van der Waals surface area contributed by atoms with Gasteiger partial charge in [0.05, 0.1) is 12.7 Å². The molecule has 1 aliphatic heterocycles. The second-order valence-corrected chi connectivity index (χ2v) is 4.53. The average Bonchev–Trinajstić information content (AvgIpc) is 2.29. The Kier molecular flexibility index (Phi) is 2.83. The van der Waals surface area contributed by atoms with E-state index in [1.165, 1.54) is 20.1 Å². The van der Waals surface area contributed by atoms with E-state index < -0.39 is 17.5 Å². The molecule has 1 aliphatic rings. The molecule has 1 aromatic rings. The first kappa shape index (κ1) is 11.9. The Hall–Kier alpha value is -1.55. The first-order valence-corrected chi connectivity index (χ1v) is 5.44. The average molecular weight is 255 g/mol. The number of methoxy groups -OCH3 is 1. The third kappa shape index (κ3) is 2.00. The molecule has 5 heteroatoms. The molecular formula is C12H11ClO4. The molecule has 0 spiro atoms. The summed E-state index contributed by atoms with van der Waals surface area (Å²) in [6.45, 7) is 1.54. The standard InChI is InChI=1S/C12H11ClO4/c1-12(11(15)16-2)6-7-3-4-8(13)5-9(7)10(14)17-12/h3-5H,6H2,1-2H3/t12-/m0/s1. The molecule has 0 aliphatic carbocycles. The van der Waals surface area contributed by atoms with Gasteiger partial charge < -0.3 is 9.47 Å². The molecule has 17 heavy (non-hydrogen) atoms. The van der Waals surface area contributed by atoms with Gasteiger partial charge in [0, 0.05) is 11.4 Å². The molecule has 1 atom stereocenters. The summed E-state index contributed by atoms with van der Waals surface area (Å²) in [5, 5.41) is 0.461. The summed E-state index contributed by atoms with van der Waals surface area (Å²) in [7, 11) is 1.26. The first-order chi connectivity index (χ1) is 7.96. The minimum absolute atomic E-state index is 0.290. The molecule has 0 amide bonds. The van der Waals surface area contributed by atoms with E-state index in [9.17, 15) is 9.59 Å². The van der Waals surface area contributed by atoms with Crippen molar-refractivity contribution < 1.29 is 19.1 Å². The molecule has 0 saturated heterocycles. The summed E-state index contributed by atoms with van der Waals surface area (Å²) in [5.74, 6) is -1.12. The van der Waals surface area contributed by atoms with E-state index in [0.29, 0.717) is 10.6 Å². The molecule has 2 rings (SSSR count). The van der Waals surface area contributed by atoms with Gasteiger partial charge in [0.15, 0.2) is 0 Å². The van der Waals surface area contributed by atoms with Crippen LogP contribution in [0.2, 0.25) is 5.02 Å². The van der Waals surface area contributed by atoms with Gasteiger partial charge in [0.1, 0.15) is 0 Å². The number of fused-ring (bicyclic) bond motifs is 1. The van der Waals surface area contributed by atoms with Crippen molar-refractivity contribution in [1.29, 1.82) is 0 Å². The Bertz CT molecular complexity index is 497. The summed E-state index contributed by atoms with van der Waals surface area (Å²) < 4.78 is 9.77. The smallest absolute Gasteiger partial charge is 0.350 e. The zero-order chi connectivity index (χ0) is 12.6. The molecular weight excluding hydrogens is 244 g/mol. The van der Waals surface area contributed by atoms with Crippen LogP contribution in [0.4, 0.5) is 0 Å². The molecule has 0 aromatic heterocycles. The number of hydrogen-bond donors (Lipinski definition) is 0. The zero-order valence-corrected chi connectivity index (χ0v) is 10.2. The van der Waals surface area contributed by atoms with Crippen molar-refractivity contribution in [2.75, 3.05) is 7.11 Å². The summed E-state index contributed by atoms with van der Waals surface area (Å²) in [6.07, 6.45) is 0.290. The second kappa shape index (κ2) is 4.04. The van der Waals surface area contributed by atoms with Crippen LogP contribution in [0, 0.1) is 0 Å². The number of carbonyl (C=O) groups is 2. The lowest BCUT2D eigenvalue weighted by Gasteiger charge is -2.31. The predicted octanol–water partition coefficient (Wildman–Crippen LogP) is 1.98. The number of cyclic esters (lactones) is 1. The lowest BCUT2D eigenvalue weighted by Crippen LogP contribution is -2.46. The van der Waals surface area contributed by atoms with E-state index in [4.69, 9.17) is 16.3 Å². The van der Waals surface area contributed by atoms with Crippen LogP contribution in [0.3, 0.4) is 0 Å². The fourth-order valence-electron chi connectivity index (χ4n) is 1.88. The summed E-state index contributed by atoms with van der Waals surface area (Å²) in [5.41, 5.74) is -0.121. The highest BCUT2D eigenvalue weighted by molar-refractivity contribution is 6.31. The fraction of sp³-hybridized carbons (Fsp3) is 0.333. The number of esters is 2. The van der Waals surface area contributed by atoms with Crippen LogP contribution in [0.25, 0.3) is 0 Å². The van der Waals surface area contributed by atoms with Gasteiger partial charge in [-0.05, 0) is 24.6 Å². The van der Waals surface area contributed by atoms with Gasteiger partial charge in [-0.25, -0.2) is 9.59 Å². The van der Waals surface area contributed by atoms with E-state index >= 15 is 0 Å². The van der Waals surface area contributed by atoms with Gasteiger partial charge in [-0.15, -0.1) is 0 Å². The van der Waals surface area contributed by atoms with Crippen molar-refractivity contribution in [2.45, 2.75) is 18.9 Å². The summed E-state index contributed by atoms with van der Waals surface area (Å²) in [4.78, 5) is 23.4. The monoisotopic (exact) mass is 254 g/mol. The quantitative estimate of drug-likeness (QED) is 0.719. The molecule has 0 bridgehead atoms. The predicted molar refractivity (Wildman–Crippen MR) is 61.0 cm³/mol. The minimum Gasteiger partial charge on any atom is -0.466 e. The van der Waals surface area contributed by atoms with Gasteiger partial charge in [0.25, 0.3) is 0 Å². The Balaban J connectivity index is 2.43. The van der Waals surface area contributed by atoms with E-state index in [-0.39, 0.29) is 6.42 Å². The topological polar surface area (TPSA) is 52.6 Å². The summed E-state index contributed by atoms with van der Waals surface area (Å²) >= 11 is 5.80. The van der Waals surface area contributed by atoms with Gasteiger partial charge in [-0.1, -0.05) is 17.7 Å². The number of ether oxygens (including phenoxy) is 2. The SMILES string of the molecule is COC(=O)[C@]1(C)Cc2ccc(Cl)cc2C(=O)O1. The number of rotatable bonds is 1. The van der Waals surface area contributed by atoms with Crippen LogP contribution >= 0.6 is 11.6 Å². The molecule has 0 unspecified atom stereocenters. The van der Waals surface area contributed by atoms with Crippen LogP contribution < -0.4 is 0 Å². The maximum Gasteiger partial charge on any atom is 0.350 e. The van der Waals surface area contributed by atoms with Crippen LogP contribution in [0.15, 0.2) is 18.2 Å². The Labute approximate surface area is 103 Å². The van der Waals surface area contributed by atoms with Crippen LogP contribution in [0.1, 0.15) is 22.8 Å². The Morgan fingerprint density at radius 1 is 1.53 bits per heavy atom. The third-order valence-electron chi connectivity index (χ3n) is 2.75. The first-order valence-electron chi connectivity index (χ1n) is 5.06. The Morgan fingerprint density at radius 3 is 2.88 bits per heavy atom. The maximum atomic E-state index is 11.8. The maximum absolute atomic E-state index is 11.8. The van der Waals surface area contributed by atoms with Gasteiger partial charge in [-0.2, -0.15) is 0 Å². The van der Waals surface area contributed by atoms with Crippen molar-refractivity contribution in [1.82, 2.24) is 0 Å². The van der Waals surface area contributed by atoms with Crippen molar-refractivity contribution in [3.8, 4) is 0 Å². The minimum atomic E-state index is -1.26. The molecule has 0 N–H and O–H groups in total. The molecule has 1 aromatic carbocycles. The van der Waals surface area contributed by atoms with Gasteiger partial charge in [-0.3, -0.25) is 0 Å². The number of benzene rings is 1. The molecule has 4 nitrogen and oxygen atoms in total. The zero-order valence-electron chi connectivity index (χ0n) is 9.45. The van der Waals surface area contributed by atoms with Crippen LogP contribution in [0.5, 0.6) is 0 Å². The molecule has 0 radical (unpaired) electrons. The van der Waals surface area contributed by atoms with E-state index in [1.807, 2.05) is 0 Å². The van der Waals surface area contributed by atoms with Crippen LogP contribution in [-0.2, 0) is 20.7 Å². The third-order valence-corrected chi connectivity index (χ3v) is 2.99. The van der Waals surface area contributed by atoms with Gasteiger partial charge in [0.2, 0.25) is 5.60 Å². The van der Waals surface area contributed by atoms with E-state index in [0.717, 1.165) is 5.56 Å². The van der Waals surface area contributed by atoms with Crippen molar-refractivity contribution in [3.05, 3.63) is 34.3 Å². The number of halogens is 1. The summed E-state index contributed by atoms with van der Waals surface area (Å²) in [6, 6.07) is 4.94. The highest BCUT2D eigenvalue weighted by Gasteiger charge is 2.43. The lowest BCUT2D eigenvalue weighted by molar-refractivity contribution is -0.161. The fourth-order valence-corrected chi connectivity index (χ4v) is 2.05. The highest BCUT2D eigenvalue weighted by atomic mass is 35.5. The van der Waals surface area contributed by atoms with Crippen molar-refractivity contribution >= 4 is 23.5 Å².